The number of carbonyl (C=O) groups excluding carboxylic acids is 1. The fraction of sp³-hybridized carbons (Fsp3) is 0.625. The summed E-state index contributed by atoms with van der Waals surface area (Å²) in [6.07, 6.45) is 8.67. The number of amides is 1. The van der Waals surface area contributed by atoms with E-state index in [4.69, 9.17) is 0 Å². The van der Waals surface area contributed by atoms with Gasteiger partial charge in [-0.1, -0.05) is 24.2 Å². The molecule has 1 amide bonds. The molecule has 0 bridgehead atoms. The second-order valence-corrected chi connectivity index (χ2v) is 7.66. The lowest BCUT2D eigenvalue weighted by atomic mass is 10.2. The Morgan fingerprint density at radius 3 is 2.64 bits per heavy atom. The molecule has 4 rings (SSSR count). The zero-order valence-corrected chi connectivity index (χ0v) is 15.2. The Balaban J connectivity index is 1.33. The lowest BCUT2D eigenvalue weighted by molar-refractivity contribution is 0.102. The van der Waals surface area contributed by atoms with Crippen molar-refractivity contribution in [3.05, 3.63) is 18.0 Å². The Morgan fingerprint density at radius 1 is 1.20 bits per heavy atom. The third-order valence-electron chi connectivity index (χ3n) is 5.03. The molecule has 0 radical (unpaired) electrons. The molecule has 9 heteroatoms. The Labute approximate surface area is 150 Å². The molecule has 1 saturated carbocycles. The second-order valence-electron chi connectivity index (χ2n) is 6.71. The first kappa shape index (κ1) is 16.5. The van der Waals surface area contributed by atoms with Gasteiger partial charge in [0.25, 0.3) is 5.91 Å². The van der Waals surface area contributed by atoms with E-state index in [-0.39, 0.29) is 5.91 Å². The lowest BCUT2D eigenvalue weighted by Crippen LogP contribution is -2.49. The third kappa shape index (κ3) is 3.67. The molecule has 2 aromatic heterocycles. The van der Waals surface area contributed by atoms with E-state index >= 15 is 0 Å². The third-order valence-corrected chi connectivity index (χ3v) is 5.93. The number of hydrogen-bond donors (Lipinski definition) is 1. The van der Waals surface area contributed by atoms with Crippen molar-refractivity contribution in [3.63, 3.8) is 0 Å². The van der Waals surface area contributed by atoms with Crippen LogP contribution in [-0.4, -0.2) is 63.0 Å². The maximum Gasteiger partial charge on any atom is 0.260 e. The average Bonchev–Trinajstić information content (AvgIpc) is 3.36. The molecule has 1 aliphatic heterocycles. The van der Waals surface area contributed by atoms with E-state index < -0.39 is 0 Å². The molecule has 2 aliphatic rings. The van der Waals surface area contributed by atoms with Gasteiger partial charge in [-0.3, -0.25) is 19.7 Å². The minimum absolute atomic E-state index is 0.207. The Bertz CT molecular complexity index is 728. The van der Waals surface area contributed by atoms with Gasteiger partial charge in [0, 0.05) is 45.5 Å². The Kier molecular flexibility index (Phi) is 4.67. The second kappa shape index (κ2) is 7.09. The standard InChI is InChI=1S/C16H23N7OS/c1-21-11-12(10-17-21)14(24)18-15-19-20-16(25-15)23-8-6-22(7-9-23)13-4-2-3-5-13/h10-11,13H,2-9H2,1H3,(H,18,19,24). The smallest absolute Gasteiger partial charge is 0.260 e. The van der Waals surface area contributed by atoms with E-state index in [9.17, 15) is 4.79 Å². The summed E-state index contributed by atoms with van der Waals surface area (Å²) < 4.78 is 1.60. The van der Waals surface area contributed by atoms with Crippen LogP contribution < -0.4 is 10.2 Å². The summed E-state index contributed by atoms with van der Waals surface area (Å²) in [5, 5.41) is 16.6. The van der Waals surface area contributed by atoms with Crippen molar-refractivity contribution in [2.24, 2.45) is 7.05 Å². The molecule has 1 aliphatic carbocycles. The van der Waals surface area contributed by atoms with Gasteiger partial charge in [-0.15, -0.1) is 10.2 Å². The van der Waals surface area contributed by atoms with Crippen LogP contribution in [0.15, 0.2) is 12.4 Å². The SMILES string of the molecule is Cn1cc(C(=O)Nc2nnc(N3CCN(C4CCCC4)CC3)s2)cn1. The van der Waals surface area contributed by atoms with Gasteiger partial charge in [-0.2, -0.15) is 5.10 Å². The molecule has 1 N–H and O–H groups in total. The first-order valence-corrected chi connectivity index (χ1v) is 9.63. The average molecular weight is 361 g/mol. The van der Waals surface area contributed by atoms with Crippen LogP contribution in [0.3, 0.4) is 0 Å². The quantitative estimate of drug-likeness (QED) is 0.891. The lowest BCUT2D eigenvalue weighted by Gasteiger charge is -2.37. The number of anilines is 2. The summed E-state index contributed by atoms with van der Waals surface area (Å²) in [7, 11) is 1.78. The van der Waals surface area contributed by atoms with Crippen LogP contribution in [0.1, 0.15) is 36.0 Å². The van der Waals surface area contributed by atoms with Gasteiger partial charge in [-0.05, 0) is 12.8 Å². The Morgan fingerprint density at radius 2 is 1.96 bits per heavy atom. The van der Waals surface area contributed by atoms with Gasteiger partial charge in [-0.25, -0.2) is 0 Å². The fourth-order valence-electron chi connectivity index (χ4n) is 3.65. The maximum absolute atomic E-state index is 12.2. The highest BCUT2D eigenvalue weighted by atomic mass is 32.1. The van der Waals surface area contributed by atoms with E-state index in [1.165, 1.54) is 37.0 Å². The van der Waals surface area contributed by atoms with E-state index in [1.807, 2.05) is 0 Å². The highest BCUT2D eigenvalue weighted by Crippen LogP contribution is 2.28. The number of nitrogens with zero attached hydrogens (tertiary/aromatic N) is 6. The maximum atomic E-state index is 12.2. The summed E-state index contributed by atoms with van der Waals surface area (Å²) in [5.41, 5.74) is 0.518. The van der Waals surface area contributed by atoms with Gasteiger partial charge in [0.2, 0.25) is 10.3 Å². The molecule has 0 spiro atoms. The van der Waals surface area contributed by atoms with Crippen LogP contribution >= 0.6 is 11.3 Å². The van der Waals surface area contributed by atoms with Crippen molar-refractivity contribution in [2.75, 3.05) is 36.4 Å². The molecule has 1 saturated heterocycles. The number of rotatable bonds is 4. The van der Waals surface area contributed by atoms with Crippen molar-refractivity contribution in [1.29, 1.82) is 0 Å². The van der Waals surface area contributed by atoms with Crippen LogP contribution in [0.2, 0.25) is 0 Å². The van der Waals surface area contributed by atoms with Crippen LogP contribution in [0.5, 0.6) is 0 Å². The molecule has 0 unspecified atom stereocenters. The number of hydrogen-bond acceptors (Lipinski definition) is 7. The van der Waals surface area contributed by atoms with Crippen LogP contribution in [-0.2, 0) is 7.05 Å². The zero-order chi connectivity index (χ0) is 17.2. The van der Waals surface area contributed by atoms with E-state index in [0.717, 1.165) is 37.4 Å². The van der Waals surface area contributed by atoms with Crippen LogP contribution in [0, 0.1) is 0 Å². The normalized spacial score (nSPS) is 19.5. The largest absolute Gasteiger partial charge is 0.344 e. The molecule has 134 valence electrons. The van der Waals surface area contributed by atoms with Crippen LogP contribution in [0.25, 0.3) is 0 Å². The zero-order valence-electron chi connectivity index (χ0n) is 14.4. The minimum atomic E-state index is -0.207. The molecule has 0 atom stereocenters. The number of aromatic nitrogens is 4. The summed E-state index contributed by atoms with van der Waals surface area (Å²) in [4.78, 5) is 17.0. The van der Waals surface area contributed by atoms with Crippen LogP contribution in [0.4, 0.5) is 10.3 Å². The molecule has 0 aromatic carbocycles. The van der Waals surface area contributed by atoms with E-state index in [2.05, 4.69) is 30.4 Å². The van der Waals surface area contributed by atoms with Gasteiger partial charge in [0.1, 0.15) is 0 Å². The highest BCUT2D eigenvalue weighted by molar-refractivity contribution is 7.19. The summed E-state index contributed by atoms with van der Waals surface area (Å²) in [5.74, 6) is -0.207. The number of piperazine rings is 1. The molecule has 8 nitrogen and oxygen atoms in total. The van der Waals surface area contributed by atoms with Gasteiger partial charge < -0.3 is 4.90 Å². The summed E-state index contributed by atoms with van der Waals surface area (Å²) in [6.45, 7) is 4.12. The molecular weight excluding hydrogens is 338 g/mol. The number of nitrogens with one attached hydrogen (secondary N) is 1. The van der Waals surface area contributed by atoms with E-state index in [0.29, 0.717) is 10.7 Å². The summed E-state index contributed by atoms with van der Waals surface area (Å²) >= 11 is 1.43. The monoisotopic (exact) mass is 361 g/mol. The van der Waals surface area contributed by atoms with E-state index in [1.54, 1.807) is 24.1 Å². The molecule has 25 heavy (non-hydrogen) atoms. The molecule has 2 aromatic rings. The minimum Gasteiger partial charge on any atom is -0.344 e. The Hall–Kier alpha value is -2.00. The fourth-order valence-corrected chi connectivity index (χ4v) is 4.44. The summed E-state index contributed by atoms with van der Waals surface area (Å²) in [6, 6.07) is 0.783. The van der Waals surface area contributed by atoms with Crippen molar-refractivity contribution >= 4 is 27.5 Å². The van der Waals surface area contributed by atoms with Crippen molar-refractivity contribution in [3.8, 4) is 0 Å². The molecule has 3 heterocycles. The molecule has 2 fully saturated rings. The first-order valence-electron chi connectivity index (χ1n) is 8.81. The van der Waals surface area contributed by atoms with Gasteiger partial charge in [0.15, 0.2) is 0 Å². The van der Waals surface area contributed by atoms with Crippen molar-refractivity contribution in [2.45, 2.75) is 31.7 Å². The number of aryl methyl sites for hydroxylation is 1. The predicted octanol–water partition coefficient (Wildman–Crippen LogP) is 1.59. The van der Waals surface area contributed by atoms with Crippen molar-refractivity contribution < 1.29 is 4.79 Å². The predicted molar refractivity (Wildman–Crippen MR) is 97.1 cm³/mol. The number of carbonyl (C=O) groups is 1. The van der Waals surface area contributed by atoms with Crippen molar-refractivity contribution in [1.82, 2.24) is 24.9 Å². The highest BCUT2D eigenvalue weighted by Gasteiger charge is 2.27. The molecular formula is C16H23N7OS. The van der Waals surface area contributed by atoms with Gasteiger partial charge in [0.05, 0.1) is 11.8 Å². The first-order chi connectivity index (χ1) is 12.2. The van der Waals surface area contributed by atoms with Gasteiger partial charge >= 0.3 is 0 Å². The topological polar surface area (TPSA) is 79.2 Å².